The van der Waals surface area contributed by atoms with Gasteiger partial charge in [-0.25, -0.2) is 0 Å². The second kappa shape index (κ2) is 3.98. The molecule has 84 valence electrons. The Bertz CT molecular complexity index is 253. The number of amides is 1. The maximum absolute atomic E-state index is 12.2. The van der Waals surface area contributed by atoms with Crippen molar-refractivity contribution in [1.29, 1.82) is 0 Å². The molecular weight excluding hydrogens is 208 g/mol. The zero-order chi connectivity index (χ0) is 10.3. The number of fused-ring (bicyclic) bond motifs is 1. The Hall–Kier alpha value is -0.220. The van der Waals surface area contributed by atoms with Gasteiger partial charge in [0.25, 0.3) is 0 Å². The van der Waals surface area contributed by atoms with Crippen LogP contribution in [0.1, 0.15) is 12.8 Å². The first-order chi connectivity index (χ1) is 7.34. The van der Waals surface area contributed by atoms with E-state index in [-0.39, 0.29) is 5.25 Å². The van der Waals surface area contributed by atoms with Gasteiger partial charge in [-0.1, -0.05) is 0 Å². The van der Waals surface area contributed by atoms with Crippen LogP contribution in [-0.2, 0) is 4.79 Å². The van der Waals surface area contributed by atoms with Crippen LogP contribution >= 0.6 is 11.8 Å². The summed E-state index contributed by atoms with van der Waals surface area (Å²) in [4.78, 5) is 14.3. The minimum absolute atomic E-state index is 0.289. The molecule has 15 heavy (non-hydrogen) atoms. The Morgan fingerprint density at radius 2 is 2.00 bits per heavy atom. The second-order valence-electron chi connectivity index (χ2n) is 4.92. The molecule has 0 aliphatic carbocycles. The van der Waals surface area contributed by atoms with Crippen molar-refractivity contribution in [2.45, 2.75) is 18.1 Å². The zero-order valence-electron chi connectivity index (χ0n) is 8.95. The van der Waals surface area contributed by atoms with Crippen molar-refractivity contribution in [2.75, 3.05) is 31.9 Å². The standard InChI is InChI=1S/C11H18N2OS/c14-11(10-2-1-3-15-10)13-6-8-4-12-5-9(8)7-13/h8-10,12H,1-7H2/t8-,9+,10?. The number of carbonyl (C=O) groups is 1. The van der Waals surface area contributed by atoms with Crippen LogP contribution in [0.25, 0.3) is 0 Å². The third-order valence-electron chi connectivity index (χ3n) is 3.91. The molecule has 3 aliphatic rings. The fraction of sp³-hybridized carbons (Fsp3) is 0.909. The SMILES string of the molecule is O=C(C1CCCS1)N1C[C@H]2CNC[C@H]2C1. The number of likely N-dealkylation sites (tertiary alicyclic amines) is 1. The first-order valence-corrected chi connectivity index (χ1v) is 7.00. The van der Waals surface area contributed by atoms with Crippen LogP contribution in [-0.4, -0.2) is 48.0 Å². The van der Waals surface area contributed by atoms with E-state index in [0.717, 1.165) is 44.4 Å². The molecule has 3 rings (SSSR count). The molecule has 4 heteroatoms. The van der Waals surface area contributed by atoms with Crippen LogP contribution in [0.15, 0.2) is 0 Å². The number of nitrogens with one attached hydrogen (secondary N) is 1. The van der Waals surface area contributed by atoms with Crippen molar-refractivity contribution in [3.05, 3.63) is 0 Å². The number of hydrogen-bond acceptors (Lipinski definition) is 3. The predicted molar refractivity (Wildman–Crippen MR) is 61.9 cm³/mol. The number of thioether (sulfide) groups is 1. The minimum Gasteiger partial charge on any atom is -0.341 e. The van der Waals surface area contributed by atoms with Gasteiger partial charge in [0.15, 0.2) is 0 Å². The summed E-state index contributed by atoms with van der Waals surface area (Å²) in [5.41, 5.74) is 0. The Morgan fingerprint density at radius 1 is 1.27 bits per heavy atom. The molecule has 1 amide bonds. The molecule has 3 saturated heterocycles. The normalized spacial score (nSPS) is 39.7. The average molecular weight is 226 g/mol. The summed E-state index contributed by atoms with van der Waals surface area (Å²) >= 11 is 1.86. The van der Waals surface area contributed by atoms with Gasteiger partial charge in [0.2, 0.25) is 5.91 Å². The minimum atomic E-state index is 0.289. The van der Waals surface area contributed by atoms with Gasteiger partial charge >= 0.3 is 0 Å². The highest BCUT2D eigenvalue weighted by molar-refractivity contribution is 8.00. The van der Waals surface area contributed by atoms with E-state index < -0.39 is 0 Å². The lowest BCUT2D eigenvalue weighted by Crippen LogP contribution is -2.37. The Labute approximate surface area is 95.0 Å². The molecule has 0 bridgehead atoms. The van der Waals surface area contributed by atoms with Crippen molar-refractivity contribution in [3.63, 3.8) is 0 Å². The molecule has 0 aromatic heterocycles. The van der Waals surface area contributed by atoms with E-state index in [1.807, 2.05) is 11.8 Å². The van der Waals surface area contributed by atoms with E-state index in [4.69, 9.17) is 0 Å². The molecule has 0 aromatic carbocycles. The molecule has 3 aliphatic heterocycles. The molecule has 1 unspecified atom stereocenters. The van der Waals surface area contributed by atoms with E-state index in [0.29, 0.717) is 5.91 Å². The lowest BCUT2D eigenvalue weighted by atomic mass is 10.0. The molecule has 3 fully saturated rings. The lowest BCUT2D eigenvalue weighted by Gasteiger charge is -2.20. The third kappa shape index (κ3) is 1.78. The fourth-order valence-electron chi connectivity index (χ4n) is 3.01. The molecule has 1 N–H and O–H groups in total. The van der Waals surface area contributed by atoms with Gasteiger partial charge in [-0.05, 0) is 30.4 Å². The summed E-state index contributed by atoms with van der Waals surface area (Å²) in [7, 11) is 0. The third-order valence-corrected chi connectivity index (χ3v) is 5.27. The summed E-state index contributed by atoms with van der Waals surface area (Å²) in [5, 5.41) is 3.70. The Balaban J connectivity index is 1.61. The molecule has 0 radical (unpaired) electrons. The molecular formula is C11H18N2OS. The number of rotatable bonds is 1. The summed E-state index contributed by atoms with van der Waals surface area (Å²) in [6, 6.07) is 0. The van der Waals surface area contributed by atoms with Crippen LogP contribution in [0.4, 0.5) is 0 Å². The van der Waals surface area contributed by atoms with Crippen molar-refractivity contribution in [3.8, 4) is 0 Å². The van der Waals surface area contributed by atoms with Gasteiger partial charge in [-0.2, -0.15) is 0 Å². The Morgan fingerprint density at radius 3 is 2.60 bits per heavy atom. The Kier molecular flexibility index (Phi) is 2.64. The average Bonchev–Trinajstić information content (AvgIpc) is 2.92. The highest BCUT2D eigenvalue weighted by atomic mass is 32.2. The molecule has 3 nitrogen and oxygen atoms in total. The zero-order valence-corrected chi connectivity index (χ0v) is 9.76. The van der Waals surface area contributed by atoms with Crippen molar-refractivity contribution < 1.29 is 4.79 Å². The van der Waals surface area contributed by atoms with E-state index in [9.17, 15) is 4.79 Å². The molecule has 0 aromatic rings. The molecule has 3 heterocycles. The van der Waals surface area contributed by atoms with Gasteiger partial charge < -0.3 is 10.2 Å². The summed E-state index contributed by atoms with van der Waals surface area (Å²) in [6.07, 6.45) is 2.33. The van der Waals surface area contributed by atoms with E-state index in [1.54, 1.807) is 0 Å². The van der Waals surface area contributed by atoms with Crippen LogP contribution < -0.4 is 5.32 Å². The molecule has 0 saturated carbocycles. The second-order valence-corrected chi connectivity index (χ2v) is 6.23. The maximum Gasteiger partial charge on any atom is 0.235 e. The monoisotopic (exact) mass is 226 g/mol. The lowest BCUT2D eigenvalue weighted by molar-refractivity contribution is -0.129. The van der Waals surface area contributed by atoms with Crippen LogP contribution in [0.3, 0.4) is 0 Å². The first-order valence-electron chi connectivity index (χ1n) is 5.95. The van der Waals surface area contributed by atoms with E-state index in [1.165, 1.54) is 12.2 Å². The van der Waals surface area contributed by atoms with Gasteiger partial charge in [0.1, 0.15) is 0 Å². The van der Waals surface area contributed by atoms with Crippen molar-refractivity contribution in [1.82, 2.24) is 10.2 Å². The fourth-order valence-corrected chi connectivity index (χ4v) is 4.25. The van der Waals surface area contributed by atoms with Gasteiger partial charge in [-0.3, -0.25) is 4.79 Å². The van der Waals surface area contributed by atoms with Gasteiger partial charge in [0.05, 0.1) is 5.25 Å². The summed E-state index contributed by atoms with van der Waals surface area (Å²) in [6.45, 7) is 4.25. The topological polar surface area (TPSA) is 32.3 Å². The van der Waals surface area contributed by atoms with Crippen molar-refractivity contribution >= 4 is 17.7 Å². The highest BCUT2D eigenvalue weighted by Gasteiger charge is 2.40. The largest absolute Gasteiger partial charge is 0.341 e. The van der Waals surface area contributed by atoms with Crippen LogP contribution in [0, 0.1) is 11.8 Å². The van der Waals surface area contributed by atoms with Crippen LogP contribution in [0.5, 0.6) is 0 Å². The van der Waals surface area contributed by atoms with Gasteiger partial charge in [-0.15, -0.1) is 11.8 Å². The quantitative estimate of drug-likeness (QED) is 0.709. The van der Waals surface area contributed by atoms with E-state index in [2.05, 4.69) is 10.2 Å². The van der Waals surface area contributed by atoms with Gasteiger partial charge in [0, 0.05) is 26.2 Å². The number of carbonyl (C=O) groups excluding carboxylic acids is 1. The first kappa shape index (κ1) is 9.97. The molecule has 3 atom stereocenters. The number of hydrogen-bond donors (Lipinski definition) is 1. The number of nitrogens with zero attached hydrogens (tertiary/aromatic N) is 1. The summed E-state index contributed by atoms with van der Waals surface area (Å²) < 4.78 is 0. The van der Waals surface area contributed by atoms with Crippen LogP contribution in [0.2, 0.25) is 0 Å². The molecule has 0 spiro atoms. The summed E-state index contributed by atoms with van der Waals surface area (Å²) in [5.74, 6) is 3.08. The maximum atomic E-state index is 12.2. The van der Waals surface area contributed by atoms with E-state index >= 15 is 0 Å². The smallest absolute Gasteiger partial charge is 0.235 e. The predicted octanol–water partition coefficient (Wildman–Crippen LogP) is 0.560. The van der Waals surface area contributed by atoms with Crippen molar-refractivity contribution in [2.24, 2.45) is 11.8 Å². The highest BCUT2D eigenvalue weighted by Crippen LogP contribution is 2.32.